The van der Waals surface area contributed by atoms with Gasteiger partial charge in [-0.2, -0.15) is 0 Å². The average Bonchev–Trinajstić information content (AvgIpc) is 2.46. The summed E-state index contributed by atoms with van der Waals surface area (Å²) in [4.78, 5) is 23.3. The molecule has 1 saturated heterocycles. The Morgan fingerprint density at radius 1 is 1.25 bits per heavy atom. The molecule has 0 aromatic rings. The zero-order chi connectivity index (χ0) is 14.5. The van der Waals surface area contributed by atoms with E-state index in [1.165, 1.54) is 19.3 Å². The molecule has 0 aromatic heterocycles. The Bertz CT molecular complexity index is 359. The zero-order valence-corrected chi connectivity index (χ0v) is 12.2. The Morgan fingerprint density at radius 3 is 2.70 bits per heavy atom. The van der Waals surface area contributed by atoms with Gasteiger partial charge in [-0.3, -0.25) is 4.79 Å². The van der Waals surface area contributed by atoms with E-state index in [-0.39, 0.29) is 11.9 Å². The van der Waals surface area contributed by atoms with Crippen molar-refractivity contribution in [2.75, 3.05) is 0 Å². The highest BCUT2D eigenvalue weighted by Crippen LogP contribution is 2.32. The molecule has 5 nitrogen and oxygen atoms in total. The summed E-state index contributed by atoms with van der Waals surface area (Å²) in [6.45, 7) is 1.92. The minimum absolute atomic E-state index is 0.144. The maximum Gasteiger partial charge on any atom is 0.326 e. The van der Waals surface area contributed by atoms with E-state index < -0.39 is 12.0 Å². The molecule has 0 radical (unpaired) electrons. The molecule has 0 spiro atoms. The van der Waals surface area contributed by atoms with Crippen molar-refractivity contribution in [2.24, 2.45) is 5.92 Å². The van der Waals surface area contributed by atoms with Gasteiger partial charge in [-0.15, -0.1) is 0 Å². The van der Waals surface area contributed by atoms with Crippen molar-refractivity contribution in [3.05, 3.63) is 0 Å². The molecule has 0 bridgehead atoms. The number of hydrogen-bond acceptors (Lipinski definition) is 3. The molecule has 1 heterocycles. The van der Waals surface area contributed by atoms with Crippen molar-refractivity contribution in [3.8, 4) is 0 Å². The van der Waals surface area contributed by atoms with Crippen LogP contribution in [-0.2, 0) is 9.59 Å². The van der Waals surface area contributed by atoms with Crippen LogP contribution in [0.25, 0.3) is 0 Å². The molecule has 2 fully saturated rings. The van der Waals surface area contributed by atoms with Gasteiger partial charge in [0.1, 0.15) is 6.04 Å². The van der Waals surface area contributed by atoms with E-state index in [9.17, 15) is 9.59 Å². The predicted molar refractivity (Wildman–Crippen MR) is 76.4 cm³/mol. The summed E-state index contributed by atoms with van der Waals surface area (Å²) in [5.41, 5.74) is 0. The summed E-state index contributed by atoms with van der Waals surface area (Å²) in [6, 6.07) is -0.519. The third-order valence-corrected chi connectivity index (χ3v) is 4.66. The van der Waals surface area contributed by atoms with Crippen molar-refractivity contribution in [1.82, 2.24) is 10.6 Å². The summed E-state index contributed by atoms with van der Waals surface area (Å²) in [7, 11) is 0. The molecule has 114 valence electrons. The van der Waals surface area contributed by atoms with E-state index >= 15 is 0 Å². The third kappa shape index (κ3) is 3.72. The Hall–Kier alpha value is -1.10. The number of piperidine rings is 1. The van der Waals surface area contributed by atoms with Gasteiger partial charge in [0.05, 0.1) is 6.04 Å². The van der Waals surface area contributed by atoms with E-state index in [2.05, 4.69) is 10.6 Å². The minimum Gasteiger partial charge on any atom is -0.480 e. The average molecular weight is 282 g/mol. The predicted octanol–water partition coefficient (Wildman–Crippen LogP) is 1.67. The van der Waals surface area contributed by atoms with Crippen LogP contribution in [-0.4, -0.2) is 35.1 Å². The zero-order valence-electron chi connectivity index (χ0n) is 12.2. The molecule has 1 aliphatic heterocycles. The molecular formula is C15H26N2O3. The van der Waals surface area contributed by atoms with E-state index in [1.54, 1.807) is 0 Å². The van der Waals surface area contributed by atoms with Gasteiger partial charge in [0.15, 0.2) is 0 Å². The third-order valence-electron chi connectivity index (χ3n) is 4.66. The van der Waals surface area contributed by atoms with Crippen LogP contribution in [0.2, 0.25) is 0 Å². The van der Waals surface area contributed by atoms with Gasteiger partial charge in [-0.25, -0.2) is 4.79 Å². The lowest BCUT2D eigenvalue weighted by Crippen LogP contribution is -2.57. The molecule has 1 saturated carbocycles. The van der Waals surface area contributed by atoms with Gasteiger partial charge < -0.3 is 15.7 Å². The summed E-state index contributed by atoms with van der Waals surface area (Å²) in [6.07, 6.45) is 8.09. The summed E-state index contributed by atoms with van der Waals surface area (Å²) in [5, 5.41) is 15.2. The van der Waals surface area contributed by atoms with Gasteiger partial charge in [-0.05, 0) is 38.0 Å². The Kier molecular flexibility index (Phi) is 5.40. The Balaban J connectivity index is 1.87. The molecular weight excluding hydrogens is 256 g/mol. The fraction of sp³-hybridized carbons (Fsp3) is 0.867. The molecule has 3 N–H and O–H groups in total. The largest absolute Gasteiger partial charge is 0.480 e. The SMILES string of the molecule is CCC[C@H](NC(=O)C1CCC2CCCCC2N1)C(=O)O. The molecule has 20 heavy (non-hydrogen) atoms. The van der Waals surface area contributed by atoms with Gasteiger partial charge in [-0.1, -0.05) is 26.2 Å². The first-order chi connectivity index (χ1) is 9.61. The van der Waals surface area contributed by atoms with E-state index in [1.807, 2.05) is 6.92 Å². The second-order valence-electron chi connectivity index (χ2n) is 6.14. The van der Waals surface area contributed by atoms with Gasteiger partial charge in [0.2, 0.25) is 5.91 Å². The second-order valence-corrected chi connectivity index (χ2v) is 6.14. The van der Waals surface area contributed by atoms with E-state index in [0.717, 1.165) is 25.7 Å². The van der Waals surface area contributed by atoms with Crippen LogP contribution in [0.1, 0.15) is 58.3 Å². The quantitative estimate of drug-likeness (QED) is 0.716. The maximum absolute atomic E-state index is 12.2. The van der Waals surface area contributed by atoms with Crippen molar-refractivity contribution in [1.29, 1.82) is 0 Å². The van der Waals surface area contributed by atoms with Crippen molar-refractivity contribution in [2.45, 2.75) is 76.4 Å². The lowest BCUT2D eigenvalue weighted by atomic mass is 9.77. The van der Waals surface area contributed by atoms with Crippen LogP contribution in [0.3, 0.4) is 0 Å². The van der Waals surface area contributed by atoms with E-state index in [0.29, 0.717) is 18.4 Å². The fourth-order valence-corrected chi connectivity index (χ4v) is 3.52. The number of carbonyl (C=O) groups excluding carboxylic acids is 1. The summed E-state index contributed by atoms with van der Waals surface area (Å²) >= 11 is 0. The van der Waals surface area contributed by atoms with Crippen molar-refractivity contribution in [3.63, 3.8) is 0 Å². The number of aliphatic carboxylic acids is 1. The Morgan fingerprint density at radius 2 is 2.00 bits per heavy atom. The van der Waals surface area contributed by atoms with Crippen molar-refractivity contribution < 1.29 is 14.7 Å². The number of rotatable bonds is 5. The highest BCUT2D eigenvalue weighted by Gasteiger charge is 2.35. The van der Waals surface area contributed by atoms with Gasteiger partial charge >= 0.3 is 5.97 Å². The number of amides is 1. The van der Waals surface area contributed by atoms with Gasteiger partial charge in [0, 0.05) is 6.04 Å². The smallest absolute Gasteiger partial charge is 0.326 e. The van der Waals surface area contributed by atoms with Crippen LogP contribution >= 0.6 is 0 Å². The summed E-state index contributed by atoms with van der Waals surface area (Å²) in [5.74, 6) is -0.375. The number of carboxylic acid groups (broad SMARTS) is 1. The van der Waals surface area contributed by atoms with Crippen molar-refractivity contribution >= 4 is 11.9 Å². The van der Waals surface area contributed by atoms with E-state index in [4.69, 9.17) is 5.11 Å². The topological polar surface area (TPSA) is 78.4 Å². The number of carbonyl (C=O) groups is 2. The lowest BCUT2D eigenvalue weighted by Gasteiger charge is -2.40. The highest BCUT2D eigenvalue weighted by atomic mass is 16.4. The maximum atomic E-state index is 12.2. The monoisotopic (exact) mass is 282 g/mol. The fourth-order valence-electron chi connectivity index (χ4n) is 3.52. The number of hydrogen-bond donors (Lipinski definition) is 3. The van der Waals surface area contributed by atoms with Gasteiger partial charge in [0.25, 0.3) is 0 Å². The number of fused-ring (bicyclic) bond motifs is 1. The summed E-state index contributed by atoms with van der Waals surface area (Å²) < 4.78 is 0. The Labute approximate surface area is 120 Å². The molecule has 2 aliphatic rings. The highest BCUT2D eigenvalue weighted by molar-refractivity contribution is 5.87. The first-order valence-corrected chi connectivity index (χ1v) is 7.91. The first kappa shape index (κ1) is 15.3. The van der Waals surface area contributed by atoms with Crippen LogP contribution in [0.4, 0.5) is 0 Å². The molecule has 2 rings (SSSR count). The molecule has 3 unspecified atom stereocenters. The molecule has 1 amide bonds. The standard InChI is InChI=1S/C15H26N2O3/c1-2-5-13(15(19)20)17-14(18)12-9-8-10-6-3-4-7-11(10)16-12/h10-13,16H,2-9H2,1H3,(H,17,18)(H,19,20)/t10?,11?,12?,13-/m0/s1. The van der Waals surface area contributed by atoms with Crippen LogP contribution < -0.4 is 10.6 Å². The first-order valence-electron chi connectivity index (χ1n) is 7.91. The minimum atomic E-state index is -0.938. The lowest BCUT2D eigenvalue weighted by molar-refractivity contribution is -0.142. The van der Waals surface area contributed by atoms with Crippen LogP contribution in [0.15, 0.2) is 0 Å². The molecule has 1 aliphatic carbocycles. The molecule has 5 heteroatoms. The molecule has 0 aromatic carbocycles. The molecule has 4 atom stereocenters. The normalized spacial score (nSPS) is 31.1. The number of nitrogens with one attached hydrogen (secondary N) is 2. The van der Waals surface area contributed by atoms with Crippen LogP contribution in [0.5, 0.6) is 0 Å². The number of carboxylic acids is 1. The van der Waals surface area contributed by atoms with Crippen LogP contribution in [0, 0.1) is 5.92 Å². The second kappa shape index (κ2) is 7.07.